The summed E-state index contributed by atoms with van der Waals surface area (Å²) >= 11 is 0. The second kappa shape index (κ2) is 9.33. The number of nitrogens with zero attached hydrogens (tertiary/aromatic N) is 1. The van der Waals surface area contributed by atoms with Crippen molar-refractivity contribution in [1.29, 1.82) is 0 Å². The zero-order chi connectivity index (χ0) is 17.4. The van der Waals surface area contributed by atoms with E-state index >= 15 is 0 Å². The van der Waals surface area contributed by atoms with Gasteiger partial charge in [-0.2, -0.15) is 0 Å². The summed E-state index contributed by atoms with van der Waals surface area (Å²) in [5, 5.41) is 2.92. The van der Waals surface area contributed by atoms with Gasteiger partial charge in [0.05, 0.1) is 0 Å². The van der Waals surface area contributed by atoms with Crippen molar-refractivity contribution in [3.63, 3.8) is 0 Å². The van der Waals surface area contributed by atoms with Crippen molar-refractivity contribution in [1.82, 2.24) is 5.32 Å². The van der Waals surface area contributed by atoms with Crippen LogP contribution in [-0.4, -0.2) is 24.9 Å². The molecule has 0 saturated carbocycles. The van der Waals surface area contributed by atoms with Gasteiger partial charge in [-0.1, -0.05) is 45.9 Å². The lowest BCUT2D eigenvalue weighted by atomic mass is 10.0. The van der Waals surface area contributed by atoms with Crippen molar-refractivity contribution in [3.05, 3.63) is 29.8 Å². The molecule has 0 atom stereocenters. The lowest BCUT2D eigenvalue weighted by Crippen LogP contribution is -2.35. The molecule has 1 aromatic carbocycles. The minimum atomic E-state index is -0.0342. The van der Waals surface area contributed by atoms with Gasteiger partial charge in [0.1, 0.15) is 0 Å². The molecule has 4 heteroatoms. The van der Waals surface area contributed by atoms with Gasteiger partial charge in [0.15, 0.2) is 0 Å². The van der Waals surface area contributed by atoms with Crippen molar-refractivity contribution in [3.8, 4) is 0 Å². The Hall–Kier alpha value is -1.84. The van der Waals surface area contributed by atoms with Crippen molar-refractivity contribution in [2.75, 3.05) is 18.0 Å². The van der Waals surface area contributed by atoms with Gasteiger partial charge in [-0.15, -0.1) is 0 Å². The second-order valence-electron chi connectivity index (χ2n) is 6.67. The average Bonchev–Trinajstić information content (AvgIpc) is 2.47. The van der Waals surface area contributed by atoms with E-state index in [1.165, 1.54) is 0 Å². The lowest BCUT2D eigenvalue weighted by Gasteiger charge is -2.25. The monoisotopic (exact) mass is 318 g/mol. The number of nitrogens with one attached hydrogen (secondary N) is 1. The largest absolute Gasteiger partial charge is 0.356 e. The molecule has 0 bridgehead atoms. The summed E-state index contributed by atoms with van der Waals surface area (Å²) in [7, 11) is 0. The Kier molecular flexibility index (Phi) is 7.79. The van der Waals surface area contributed by atoms with E-state index in [-0.39, 0.29) is 11.8 Å². The lowest BCUT2D eigenvalue weighted by molar-refractivity contribution is -0.121. The molecule has 0 saturated heterocycles. The highest BCUT2D eigenvalue weighted by atomic mass is 16.2. The smallest absolute Gasteiger partial charge is 0.223 e. The van der Waals surface area contributed by atoms with Crippen LogP contribution >= 0.6 is 0 Å². The molecule has 2 amide bonds. The number of carbonyl (C=O) groups is 2. The molecule has 0 radical (unpaired) electrons. The summed E-state index contributed by atoms with van der Waals surface area (Å²) in [5.74, 6) is 0.863. The second-order valence-corrected chi connectivity index (χ2v) is 6.67. The molecule has 0 aliphatic carbocycles. The highest BCUT2D eigenvalue weighted by molar-refractivity contribution is 5.93. The first-order chi connectivity index (χ1) is 10.8. The first-order valence-electron chi connectivity index (χ1n) is 8.46. The van der Waals surface area contributed by atoms with Gasteiger partial charge in [-0.3, -0.25) is 9.59 Å². The van der Waals surface area contributed by atoms with Crippen LogP contribution in [0.3, 0.4) is 0 Å². The fourth-order valence-corrected chi connectivity index (χ4v) is 2.47. The number of hydrogen-bond donors (Lipinski definition) is 1. The highest BCUT2D eigenvalue weighted by Gasteiger charge is 2.17. The molecule has 0 spiro atoms. The summed E-state index contributed by atoms with van der Waals surface area (Å²) in [6.45, 7) is 11.1. The van der Waals surface area contributed by atoms with Gasteiger partial charge in [0.2, 0.25) is 11.8 Å². The van der Waals surface area contributed by atoms with Crippen LogP contribution in [0.15, 0.2) is 24.3 Å². The van der Waals surface area contributed by atoms with E-state index in [0.29, 0.717) is 31.3 Å². The first kappa shape index (κ1) is 19.2. The van der Waals surface area contributed by atoms with Gasteiger partial charge < -0.3 is 10.2 Å². The summed E-state index contributed by atoms with van der Waals surface area (Å²) < 4.78 is 0. The van der Waals surface area contributed by atoms with Crippen LogP contribution in [-0.2, 0) is 9.59 Å². The molecule has 0 heterocycles. The van der Waals surface area contributed by atoms with Gasteiger partial charge in [0.25, 0.3) is 0 Å². The maximum absolute atomic E-state index is 12.0. The third kappa shape index (κ3) is 6.43. The Labute approximate surface area is 140 Å². The van der Waals surface area contributed by atoms with E-state index in [0.717, 1.165) is 17.7 Å². The molecular weight excluding hydrogens is 288 g/mol. The van der Waals surface area contributed by atoms with Gasteiger partial charge in [0, 0.05) is 32.1 Å². The normalized spacial score (nSPS) is 10.9. The molecule has 0 aliphatic rings. The standard InChI is InChI=1S/C19H30N2O2/c1-14(2)10-12-20-19(23)11-13-21(16(5)22)18-9-7-6-8-17(18)15(3)4/h6-9,14-15H,10-13H2,1-5H3,(H,20,23). The molecule has 0 aromatic heterocycles. The molecular formula is C19H30N2O2. The van der Waals surface area contributed by atoms with Gasteiger partial charge in [-0.25, -0.2) is 0 Å². The topological polar surface area (TPSA) is 49.4 Å². The van der Waals surface area contributed by atoms with Crippen LogP contribution in [0, 0.1) is 5.92 Å². The van der Waals surface area contributed by atoms with Gasteiger partial charge >= 0.3 is 0 Å². The van der Waals surface area contributed by atoms with E-state index < -0.39 is 0 Å². The van der Waals surface area contributed by atoms with Gasteiger partial charge in [-0.05, 0) is 29.9 Å². The Morgan fingerprint density at radius 3 is 2.35 bits per heavy atom. The highest BCUT2D eigenvalue weighted by Crippen LogP contribution is 2.27. The van der Waals surface area contributed by atoms with Crippen molar-refractivity contribution < 1.29 is 9.59 Å². The number of para-hydroxylation sites is 1. The molecule has 1 N–H and O–H groups in total. The van der Waals surface area contributed by atoms with Crippen LogP contribution in [0.5, 0.6) is 0 Å². The number of hydrogen-bond acceptors (Lipinski definition) is 2. The molecule has 0 aliphatic heterocycles. The van der Waals surface area contributed by atoms with Crippen molar-refractivity contribution >= 4 is 17.5 Å². The Morgan fingerprint density at radius 2 is 1.78 bits per heavy atom. The Balaban J connectivity index is 2.70. The summed E-state index contributed by atoms with van der Waals surface area (Å²) in [6, 6.07) is 7.90. The predicted molar refractivity (Wildman–Crippen MR) is 95.6 cm³/mol. The minimum absolute atomic E-state index is 0.000993. The number of rotatable bonds is 8. The minimum Gasteiger partial charge on any atom is -0.356 e. The molecule has 1 aromatic rings. The van der Waals surface area contributed by atoms with Crippen LogP contribution in [0.2, 0.25) is 0 Å². The third-order valence-corrected chi connectivity index (χ3v) is 3.84. The zero-order valence-corrected chi connectivity index (χ0v) is 15.1. The van der Waals surface area contributed by atoms with Crippen LogP contribution in [0.1, 0.15) is 58.9 Å². The maximum Gasteiger partial charge on any atom is 0.223 e. The first-order valence-corrected chi connectivity index (χ1v) is 8.46. The van der Waals surface area contributed by atoms with Crippen molar-refractivity contribution in [2.45, 2.75) is 53.4 Å². The van der Waals surface area contributed by atoms with Crippen LogP contribution < -0.4 is 10.2 Å². The van der Waals surface area contributed by atoms with E-state index in [1.54, 1.807) is 11.8 Å². The zero-order valence-electron chi connectivity index (χ0n) is 15.1. The van der Waals surface area contributed by atoms with E-state index in [1.807, 2.05) is 24.3 Å². The number of amides is 2. The molecule has 4 nitrogen and oxygen atoms in total. The average molecular weight is 318 g/mol. The number of anilines is 1. The molecule has 128 valence electrons. The Morgan fingerprint density at radius 1 is 1.13 bits per heavy atom. The molecule has 0 unspecified atom stereocenters. The summed E-state index contributed by atoms with van der Waals surface area (Å²) in [6.07, 6.45) is 1.29. The summed E-state index contributed by atoms with van der Waals surface area (Å²) in [5.41, 5.74) is 2.04. The van der Waals surface area contributed by atoms with E-state index in [4.69, 9.17) is 0 Å². The quantitative estimate of drug-likeness (QED) is 0.794. The fraction of sp³-hybridized carbons (Fsp3) is 0.579. The van der Waals surface area contributed by atoms with E-state index in [2.05, 4.69) is 33.0 Å². The van der Waals surface area contributed by atoms with Crippen LogP contribution in [0.25, 0.3) is 0 Å². The SMILES string of the molecule is CC(=O)N(CCC(=O)NCCC(C)C)c1ccccc1C(C)C. The Bertz CT molecular complexity index is 524. The number of benzene rings is 1. The molecule has 1 rings (SSSR count). The summed E-state index contributed by atoms with van der Waals surface area (Å²) in [4.78, 5) is 25.7. The van der Waals surface area contributed by atoms with E-state index in [9.17, 15) is 9.59 Å². The molecule has 23 heavy (non-hydrogen) atoms. The maximum atomic E-state index is 12.0. The predicted octanol–water partition coefficient (Wildman–Crippen LogP) is 3.72. The number of carbonyl (C=O) groups excluding carboxylic acids is 2. The third-order valence-electron chi connectivity index (χ3n) is 3.84. The van der Waals surface area contributed by atoms with Crippen molar-refractivity contribution in [2.24, 2.45) is 5.92 Å². The fourth-order valence-electron chi connectivity index (χ4n) is 2.47. The molecule has 0 fully saturated rings. The van der Waals surface area contributed by atoms with Crippen LogP contribution in [0.4, 0.5) is 5.69 Å².